The van der Waals surface area contributed by atoms with E-state index >= 15 is 0 Å². The lowest BCUT2D eigenvalue weighted by Gasteiger charge is -2.28. The molecule has 8 N–H and O–H groups in total. The first-order valence-electron chi connectivity index (χ1n) is 16.2. The molecule has 1 rings (SSSR count). The van der Waals surface area contributed by atoms with E-state index in [1.54, 1.807) is 31.2 Å². The van der Waals surface area contributed by atoms with Crippen LogP contribution in [-0.2, 0) is 30.5 Å². The molecule has 0 aliphatic carbocycles. The predicted octanol–water partition coefficient (Wildman–Crippen LogP) is 1.98. The zero-order valence-electron chi connectivity index (χ0n) is 28.1. The Hall–Kier alpha value is -4.00. The zero-order chi connectivity index (χ0) is 34.8. The van der Waals surface area contributed by atoms with Crippen LogP contribution in [-0.4, -0.2) is 71.3 Å². The van der Waals surface area contributed by atoms with Gasteiger partial charge in [0.1, 0.15) is 12.1 Å². The number of carboxylic acids is 1. The number of nitrogens with two attached hydrogens (primary N) is 1. The molecule has 13 nitrogen and oxygen atoms in total. The standard InChI is InChI=1S/C33H54N6O7/c1-7-11-26(38-33(46)29(21(5)8-2)39-27(40)14-10-15-28(41)42)32(45)37-25(16-20(3)4)19-35-22(6)31(44)36-18-23-12-9-13-24(17-23)30(34)43/h9,12-13,17,20-22,25-26,29,35H,7-8,10-11,14-16,18-19H2,1-6H3,(H2,34,43)(H,36,44)(H,37,45)(H,38,46)(H,39,40)(H,41,42)/t21-,22-,25-,26-,29-/m0/s1. The molecule has 1 aromatic rings. The first-order valence-corrected chi connectivity index (χ1v) is 16.2. The third-order valence-corrected chi connectivity index (χ3v) is 7.66. The summed E-state index contributed by atoms with van der Waals surface area (Å²) in [4.78, 5) is 74.2. The lowest BCUT2D eigenvalue weighted by molar-refractivity contribution is -0.137. The summed E-state index contributed by atoms with van der Waals surface area (Å²) in [6.45, 7) is 11.9. The highest BCUT2D eigenvalue weighted by Gasteiger charge is 2.30. The van der Waals surface area contributed by atoms with Crippen LogP contribution >= 0.6 is 0 Å². The molecule has 0 spiro atoms. The highest BCUT2D eigenvalue weighted by atomic mass is 16.4. The number of carboxylic acid groups (broad SMARTS) is 1. The summed E-state index contributed by atoms with van der Waals surface area (Å²) in [5, 5.41) is 23.4. The van der Waals surface area contributed by atoms with Crippen molar-refractivity contribution >= 4 is 35.5 Å². The van der Waals surface area contributed by atoms with E-state index in [1.807, 2.05) is 34.6 Å². The SMILES string of the molecule is CCC[C@H](NC(=O)[C@@H](NC(=O)CCCC(=O)O)[C@@H](C)CC)C(=O)N[C@H](CN[C@@H](C)C(=O)NCc1cccc(C(N)=O)c1)CC(C)C. The first-order chi connectivity index (χ1) is 21.7. The van der Waals surface area contributed by atoms with Crippen LogP contribution in [0.2, 0.25) is 0 Å². The Balaban J connectivity index is 2.84. The van der Waals surface area contributed by atoms with E-state index in [9.17, 15) is 28.8 Å². The number of carbonyl (C=O) groups excluding carboxylic acids is 5. The number of rotatable bonds is 22. The molecule has 0 aliphatic rings. The molecule has 0 saturated carbocycles. The molecule has 0 aliphatic heterocycles. The smallest absolute Gasteiger partial charge is 0.303 e. The molecule has 5 atom stereocenters. The van der Waals surface area contributed by atoms with Crippen molar-refractivity contribution < 1.29 is 33.9 Å². The molecule has 0 unspecified atom stereocenters. The van der Waals surface area contributed by atoms with Crippen LogP contribution in [0.4, 0.5) is 0 Å². The van der Waals surface area contributed by atoms with Gasteiger partial charge in [-0.05, 0) is 55.7 Å². The lowest BCUT2D eigenvalue weighted by atomic mass is 9.97. The number of hydrogen-bond donors (Lipinski definition) is 7. The van der Waals surface area contributed by atoms with Gasteiger partial charge in [0.15, 0.2) is 0 Å². The second-order valence-electron chi connectivity index (χ2n) is 12.3. The van der Waals surface area contributed by atoms with Gasteiger partial charge in [-0.3, -0.25) is 28.8 Å². The van der Waals surface area contributed by atoms with Crippen LogP contribution in [0.25, 0.3) is 0 Å². The summed E-state index contributed by atoms with van der Waals surface area (Å²) in [5.41, 5.74) is 6.43. The minimum Gasteiger partial charge on any atom is -0.481 e. The largest absolute Gasteiger partial charge is 0.481 e. The molecule has 5 amide bonds. The quantitative estimate of drug-likeness (QED) is 0.0988. The molecule has 258 valence electrons. The van der Waals surface area contributed by atoms with E-state index in [1.165, 1.54) is 0 Å². The molecule has 0 aromatic heterocycles. The fourth-order valence-corrected chi connectivity index (χ4v) is 4.82. The highest BCUT2D eigenvalue weighted by molar-refractivity contribution is 5.93. The molecular weight excluding hydrogens is 592 g/mol. The van der Waals surface area contributed by atoms with Crippen LogP contribution in [0.1, 0.15) is 102 Å². The Morgan fingerprint density at radius 3 is 2.17 bits per heavy atom. The number of amides is 5. The maximum atomic E-state index is 13.5. The van der Waals surface area contributed by atoms with Crippen LogP contribution < -0.4 is 32.3 Å². The molecule has 13 heteroatoms. The first kappa shape index (κ1) is 40.0. The van der Waals surface area contributed by atoms with Crippen LogP contribution in [0.15, 0.2) is 24.3 Å². The monoisotopic (exact) mass is 646 g/mol. The zero-order valence-corrected chi connectivity index (χ0v) is 28.1. The van der Waals surface area contributed by atoms with E-state index in [0.717, 1.165) is 5.56 Å². The molecule has 0 fully saturated rings. The van der Waals surface area contributed by atoms with Gasteiger partial charge >= 0.3 is 5.97 Å². The number of carbonyl (C=O) groups is 6. The van der Waals surface area contributed by atoms with Crippen molar-refractivity contribution in [2.24, 2.45) is 17.6 Å². The van der Waals surface area contributed by atoms with Crippen molar-refractivity contribution in [3.8, 4) is 0 Å². The van der Waals surface area contributed by atoms with Crippen LogP contribution in [0.5, 0.6) is 0 Å². The molecule has 0 heterocycles. The summed E-state index contributed by atoms with van der Waals surface area (Å²) in [6.07, 6.45) is 2.24. The number of nitrogens with one attached hydrogen (secondary N) is 5. The number of benzene rings is 1. The molecule has 0 bridgehead atoms. The number of aliphatic carboxylic acids is 1. The molecule has 46 heavy (non-hydrogen) atoms. The van der Waals surface area contributed by atoms with E-state index < -0.39 is 41.8 Å². The summed E-state index contributed by atoms with van der Waals surface area (Å²) < 4.78 is 0. The Morgan fingerprint density at radius 2 is 1.59 bits per heavy atom. The molecule has 1 aromatic carbocycles. The minimum atomic E-state index is -0.995. The van der Waals surface area contributed by atoms with Gasteiger partial charge in [-0.2, -0.15) is 0 Å². The predicted molar refractivity (Wildman–Crippen MR) is 175 cm³/mol. The molecular formula is C33H54N6O7. The normalized spacial score (nSPS) is 14.3. The fraction of sp³-hybridized carbons (Fsp3) is 0.636. The second kappa shape index (κ2) is 20.9. The van der Waals surface area contributed by atoms with Gasteiger partial charge in [-0.1, -0.05) is 59.6 Å². The topological polar surface area (TPSA) is 209 Å². The fourth-order valence-electron chi connectivity index (χ4n) is 4.82. The van der Waals surface area contributed by atoms with E-state index in [-0.39, 0.29) is 55.5 Å². The maximum absolute atomic E-state index is 13.5. The Labute approximate surface area is 272 Å². The minimum absolute atomic E-state index is 0.0196. The molecule has 0 radical (unpaired) electrons. The molecule has 0 saturated heterocycles. The van der Waals surface area contributed by atoms with Gasteiger partial charge in [0.25, 0.3) is 0 Å². The summed E-state index contributed by atoms with van der Waals surface area (Å²) in [6, 6.07) is 4.10. The second-order valence-corrected chi connectivity index (χ2v) is 12.3. The Morgan fingerprint density at radius 1 is 0.891 bits per heavy atom. The Kier molecular flexibility index (Phi) is 18.2. The third kappa shape index (κ3) is 15.3. The van der Waals surface area contributed by atoms with E-state index in [2.05, 4.69) is 26.6 Å². The average Bonchev–Trinajstić information content (AvgIpc) is 2.99. The van der Waals surface area contributed by atoms with Gasteiger partial charge in [-0.25, -0.2) is 0 Å². The third-order valence-electron chi connectivity index (χ3n) is 7.66. The van der Waals surface area contributed by atoms with Gasteiger partial charge in [0.05, 0.1) is 6.04 Å². The maximum Gasteiger partial charge on any atom is 0.303 e. The van der Waals surface area contributed by atoms with Gasteiger partial charge in [-0.15, -0.1) is 0 Å². The van der Waals surface area contributed by atoms with Crippen molar-refractivity contribution in [3.63, 3.8) is 0 Å². The van der Waals surface area contributed by atoms with Crippen molar-refractivity contribution in [1.82, 2.24) is 26.6 Å². The van der Waals surface area contributed by atoms with Gasteiger partial charge in [0, 0.05) is 37.5 Å². The summed E-state index contributed by atoms with van der Waals surface area (Å²) in [7, 11) is 0. The summed E-state index contributed by atoms with van der Waals surface area (Å²) >= 11 is 0. The van der Waals surface area contributed by atoms with Gasteiger partial charge in [0.2, 0.25) is 29.5 Å². The summed E-state index contributed by atoms with van der Waals surface area (Å²) in [5.74, 6) is -3.02. The van der Waals surface area contributed by atoms with Crippen molar-refractivity contribution in [1.29, 1.82) is 0 Å². The Bertz CT molecular complexity index is 1170. The lowest BCUT2D eigenvalue weighted by Crippen LogP contribution is -2.57. The van der Waals surface area contributed by atoms with Crippen LogP contribution in [0, 0.1) is 11.8 Å². The number of hydrogen-bond acceptors (Lipinski definition) is 7. The average molecular weight is 647 g/mol. The van der Waals surface area contributed by atoms with Crippen molar-refractivity contribution in [2.75, 3.05) is 6.54 Å². The number of primary amides is 1. The van der Waals surface area contributed by atoms with Crippen molar-refractivity contribution in [2.45, 2.75) is 117 Å². The van der Waals surface area contributed by atoms with E-state index in [0.29, 0.717) is 37.8 Å². The van der Waals surface area contributed by atoms with Crippen LogP contribution in [0.3, 0.4) is 0 Å². The highest BCUT2D eigenvalue weighted by Crippen LogP contribution is 2.12. The van der Waals surface area contributed by atoms with E-state index in [4.69, 9.17) is 10.8 Å². The van der Waals surface area contributed by atoms with Crippen molar-refractivity contribution in [3.05, 3.63) is 35.4 Å². The van der Waals surface area contributed by atoms with Gasteiger partial charge < -0.3 is 37.4 Å².